The quantitative estimate of drug-likeness (QED) is 0.946. The molecule has 2 aromatic rings. The molecule has 1 N–H and O–H groups in total. The molecule has 0 fully saturated rings. The van der Waals surface area contributed by atoms with Crippen molar-refractivity contribution in [3.05, 3.63) is 48.0 Å². The maximum Gasteiger partial charge on any atom is 0.220 e. The number of nitrogens with zero attached hydrogens (tertiary/aromatic N) is 2. The minimum Gasteiger partial charge on any atom is -0.493 e. The van der Waals surface area contributed by atoms with E-state index in [1.807, 2.05) is 30.6 Å². The summed E-state index contributed by atoms with van der Waals surface area (Å²) in [6, 6.07) is 8.26. The number of imidazole rings is 1. The first-order chi connectivity index (χ1) is 11.3. The minimum atomic E-state index is 0.139. The van der Waals surface area contributed by atoms with E-state index < -0.39 is 0 Å². The van der Waals surface area contributed by atoms with Crippen LogP contribution in [0.1, 0.15) is 36.6 Å². The summed E-state index contributed by atoms with van der Waals surface area (Å²) in [6.07, 6.45) is 7.15. The fraction of sp³-hybridized carbons (Fsp3) is 0.444. The van der Waals surface area contributed by atoms with Gasteiger partial charge in [0, 0.05) is 37.8 Å². The van der Waals surface area contributed by atoms with Crippen molar-refractivity contribution in [1.82, 2.24) is 14.9 Å². The number of ether oxygens (including phenoxy) is 1. The second-order valence-corrected chi connectivity index (χ2v) is 6.37. The first-order valence-corrected chi connectivity index (χ1v) is 8.30. The van der Waals surface area contributed by atoms with Gasteiger partial charge in [0.15, 0.2) is 0 Å². The molecule has 0 radical (unpaired) electrons. The van der Waals surface area contributed by atoms with Gasteiger partial charge in [-0.2, -0.15) is 0 Å². The molecule has 120 valence electrons. The molecule has 5 nitrogen and oxygen atoms in total. The van der Waals surface area contributed by atoms with Gasteiger partial charge in [-0.05, 0) is 30.4 Å². The number of benzene rings is 1. The molecular formula is C18H21N3O2. The highest BCUT2D eigenvalue weighted by Gasteiger charge is 2.25. The molecule has 4 rings (SSSR count). The predicted molar refractivity (Wildman–Crippen MR) is 86.4 cm³/mol. The number of fused-ring (bicyclic) bond motifs is 2. The van der Waals surface area contributed by atoms with Crippen LogP contribution in [0.5, 0.6) is 5.75 Å². The molecule has 2 atom stereocenters. The lowest BCUT2D eigenvalue weighted by Crippen LogP contribution is -2.41. The first kappa shape index (κ1) is 14.3. The van der Waals surface area contributed by atoms with E-state index in [4.69, 9.17) is 4.74 Å². The van der Waals surface area contributed by atoms with Crippen LogP contribution in [0.3, 0.4) is 0 Å². The maximum atomic E-state index is 12.5. The van der Waals surface area contributed by atoms with Crippen LogP contribution in [-0.2, 0) is 17.8 Å². The molecule has 1 aromatic heterocycles. The van der Waals surface area contributed by atoms with Crippen LogP contribution < -0.4 is 10.1 Å². The largest absolute Gasteiger partial charge is 0.493 e. The molecular weight excluding hydrogens is 290 g/mol. The lowest BCUT2D eigenvalue weighted by Gasteiger charge is -2.28. The second-order valence-electron chi connectivity index (χ2n) is 6.37. The van der Waals surface area contributed by atoms with Crippen molar-refractivity contribution in [1.29, 1.82) is 0 Å². The van der Waals surface area contributed by atoms with E-state index in [1.54, 1.807) is 0 Å². The fourth-order valence-electron chi connectivity index (χ4n) is 3.62. The van der Waals surface area contributed by atoms with E-state index in [2.05, 4.69) is 20.9 Å². The molecule has 0 aliphatic carbocycles. The molecule has 0 bridgehead atoms. The molecule has 0 saturated carbocycles. The Kier molecular flexibility index (Phi) is 3.77. The van der Waals surface area contributed by atoms with E-state index in [0.29, 0.717) is 13.0 Å². The number of carbonyl (C=O) groups excluding carboxylic acids is 1. The molecule has 2 aliphatic rings. The minimum absolute atomic E-state index is 0.139. The molecule has 5 heteroatoms. The van der Waals surface area contributed by atoms with Gasteiger partial charge in [-0.15, -0.1) is 0 Å². The number of nitrogens with one attached hydrogen (secondary N) is 1. The zero-order valence-corrected chi connectivity index (χ0v) is 13.1. The number of amides is 1. The van der Waals surface area contributed by atoms with Crippen LogP contribution in [0, 0.1) is 0 Å². The Bertz CT molecular complexity index is 710. The summed E-state index contributed by atoms with van der Waals surface area (Å²) in [5.74, 6) is 2.44. The van der Waals surface area contributed by atoms with E-state index in [0.717, 1.165) is 42.9 Å². The third-order valence-corrected chi connectivity index (χ3v) is 4.81. The third-order valence-electron chi connectivity index (χ3n) is 4.81. The average molecular weight is 311 g/mol. The summed E-state index contributed by atoms with van der Waals surface area (Å²) < 4.78 is 7.81. The number of aromatic nitrogens is 2. The van der Waals surface area contributed by atoms with Crippen molar-refractivity contribution in [2.45, 2.75) is 44.2 Å². The molecule has 0 saturated heterocycles. The number of para-hydroxylation sites is 1. The maximum absolute atomic E-state index is 12.5. The lowest BCUT2D eigenvalue weighted by molar-refractivity contribution is -0.122. The Balaban J connectivity index is 1.38. The molecule has 1 amide bonds. The Hall–Kier alpha value is -2.30. The standard InChI is InChI=1S/C18H21N3O2/c22-18(20-14-5-6-17-19-8-9-21(17)12-14)11-13-7-10-23-16-4-2-1-3-15(13)16/h1-4,8-9,13-14H,5-7,10-12H2,(H,20,22)/t13-,14+/m0/s1. The fourth-order valence-corrected chi connectivity index (χ4v) is 3.62. The summed E-state index contributed by atoms with van der Waals surface area (Å²) >= 11 is 0. The number of aryl methyl sites for hydroxylation is 1. The van der Waals surface area contributed by atoms with Crippen LogP contribution >= 0.6 is 0 Å². The smallest absolute Gasteiger partial charge is 0.220 e. The molecule has 2 aliphatic heterocycles. The van der Waals surface area contributed by atoms with Gasteiger partial charge in [0.25, 0.3) is 0 Å². The van der Waals surface area contributed by atoms with Crippen molar-refractivity contribution >= 4 is 5.91 Å². The molecule has 1 aromatic carbocycles. The summed E-state index contributed by atoms with van der Waals surface area (Å²) in [7, 11) is 0. The molecule has 0 spiro atoms. The Morgan fingerprint density at radius 3 is 3.22 bits per heavy atom. The number of hydrogen-bond donors (Lipinski definition) is 1. The van der Waals surface area contributed by atoms with Gasteiger partial charge in [-0.3, -0.25) is 4.79 Å². The van der Waals surface area contributed by atoms with Crippen LogP contribution in [0.15, 0.2) is 36.7 Å². The van der Waals surface area contributed by atoms with Crippen LogP contribution in [0.2, 0.25) is 0 Å². The van der Waals surface area contributed by atoms with Crippen molar-refractivity contribution in [2.24, 2.45) is 0 Å². The zero-order chi connectivity index (χ0) is 15.6. The van der Waals surface area contributed by atoms with Gasteiger partial charge in [0.2, 0.25) is 5.91 Å². The Labute approximate surface area is 135 Å². The van der Waals surface area contributed by atoms with Crippen LogP contribution in [-0.4, -0.2) is 28.1 Å². The molecule has 0 unspecified atom stereocenters. The first-order valence-electron chi connectivity index (χ1n) is 8.30. The highest BCUT2D eigenvalue weighted by Crippen LogP contribution is 2.35. The lowest BCUT2D eigenvalue weighted by atomic mass is 9.90. The number of carbonyl (C=O) groups is 1. The second kappa shape index (κ2) is 6.07. The summed E-state index contributed by atoms with van der Waals surface area (Å²) in [5, 5.41) is 3.20. The Morgan fingerprint density at radius 1 is 1.35 bits per heavy atom. The monoisotopic (exact) mass is 311 g/mol. The van der Waals surface area contributed by atoms with Gasteiger partial charge in [-0.1, -0.05) is 18.2 Å². The third kappa shape index (κ3) is 2.96. The number of rotatable bonds is 3. The van der Waals surface area contributed by atoms with Crippen molar-refractivity contribution in [3.63, 3.8) is 0 Å². The van der Waals surface area contributed by atoms with Gasteiger partial charge in [0.05, 0.1) is 6.61 Å². The summed E-state index contributed by atoms with van der Waals surface area (Å²) in [5.41, 5.74) is 1.16. The van der Waals surface area contributed by atoms with Gasteiger partial charge in [-0.25, -0.2) is 4.98 Å². The van der Waals surface area contributed by atoms with E-state index >= 15 is 0 Å². The zero-order valence-electron chi connectivity index (χ0n) is 13.1. The number of hydrogen-bond acceptors (Lipinski definition) is 3. The van der Waals surface area contributed by atoms with Gasteiger partial charge >= 0.3 is 0 Å². The van der Waals surface area contributed by atoms with Crippen molar-refractivity contribution < 1.29 is 9.53 Å². The van der Waals surface area contributed by atoms with Crippen LogP contribution in [0.25, 0.3) is 0 Å². The van der Waals surface area contributed by atoms with Gasteiger partial charge < -0.3 is 14.6 Å². The highest BCUT2D eigenvalue weighted by atomic mass is 16.5. The summed E-state index contributed by atoms with van der Waals surface area (Å²) in [6.45, 7) is 1.52. The SMILES string of the molecule is O=C(C[C@@H]1CCOc2ccccc21)N[C@@H]1CCc2nccn2C1. The molecule has 23 heavy (non-hydrogen) atoms. The predicted octanol–water partition coefficient (Wildman–Crippen LogP) is 2.27. The molecule has 3 heterocycles. The van der Waals surface area contributed by atoms with E-state index in [1.165, 1.54) is 0 Å². The van der Waals surface area contributed by atoms with Crippen molar-refractivity contribution in [3.8, 4) is 5.75 Å². The van der Waals surface area contributed by atoms with E-state index in [-0.39, 0.29) is 17.9 Å². The van der Waals surface area contributed by atoms with Crippen LogP contribution in [0.4, 0.5) is 0 Å². The average Bonchev–Trinajstić information content (AvgIpc) is 3.03. The highest BCUT2D eigenvalue weighted by molar-refractivity contribution is 5.77. The topological polar surface area (TPSA) is 56.1 Å². The van der Waals surface area contributed by atoms with E-state index in [9.17, 15) is 4.79 Å². The van der Waals surface area contributed by atoms with Gasteiger partial charge in [0.1, 0.15) is 11.6 Å². The Morgan fingerprint density at radius 2 is 2.26 bits per heavy atom. The van der Waals surface area contributed by atoms with Crippen molar-refractivity contribution in [2.75, 3.05) is 6.61 Å². The normalized spacial score (nSPS) is 22.6. The summed E-state index contributed by atoms with van der Waals surface area (Å²) in [4.78, 5) is 16.8.